The van der Waals surface area contributed by atoms with Gasteiger partial charge in [-0.25, -0.2) is 9.97 Å². The number of alkyl halides is 3. The zero-order valence-corrected chi connectivity index (χ0v) is 18.2. The van der Waals surface area contributed by atoms with Crippen LogP contribution in [0.5, 0.6) is 5.88 Å². The molecule has 176 valence electrons. The molecule has 2 atom stereocenters. The third kappa shape index (κ3) is 5.03. The molecule has 4 rings (SSSR count). The summed E-state index contributed by atoms with van der Waals surface area (Å²) in [5.74, 6) is -0.633. The zero-order chi connectivity index (χ0) is 23.8. The highest BCUT2D eigenvalue weighted by molar-refractivity contribution is 6.31. The number of ether oxygens (including phenoxy) is 2. The van der Waals surface area contributed by atoms with Crippen LogP contribution in [0.25, 0.3) is 0 Å². The number of aromatic nitrogens is 2. The maximum atomic E-state index is 13.0. The van der Waals surface area contributed by atoms with Crippen LogP contribution in [-0.2, 0) is 16.1 Å². The Hall–Kier alpha value is -2.92. The fraction of sp³-hybridized carbons (Fsp3) is 0.429. The van der Waals surface area contributed by atoms with Crippen LogP contribution in [-0.4, -0.2) is 52.2 Å². The van der Waals surface area contributed by atoms with Gasteiger partial charge in [0.05, 0.1) is 12.6 Å². The van der Waals surface area contributed by atoms with Crippen molar-refractivity contribution in [2.24, 2.45) is 0 Å². The Kier molecular flexibility index (Phi) is 6.44. The monoisotopic (exact) mass is 484 g/mol. The number of nitrogens with zero attached hydrogens (tertiary/aromatic N) is 3. The predicted molar refractivity (Wildman–Crippen MR) is 111 cm³/mol. The van der Waals surface area contributed by atoms with E-state index in [0.29, 0.717) is 35.5 Å². The summed E-state index contributed by atoms with van der Waals surface area (Å²) in [5.41, 5.74) is 1.49. The molecule has 0 spiro atoms. The molecule has 2 aromatic heterocycles. The second-order valence-corrected chi connectivity index (χ2v) is 8.15. The van der Waals surface area contributed by atoms with Gasteiger partial charge in [-0.1, -0.05) is 11.6 Å². The van der Waals surface area contributed by atoms with E-state index in [1.165, 1.54) is 23.4 Å². The Morgan fingerprint density at radius 2 is 2.21 bits per heavy atom. The van der Waals surface area contributed by atoms with Crippen molar-refractivity contribution in [3.05, 3.63) is 46.2 Å². The number of fused-ring (bicyclic) bond motifs is 1. The molecule has 8 nitrogen and oxygen atoms in total. The first-order valence-electron chi connectivity index (χ1n) is 10.2. The zero-order valence-electron chi connectivity index (χ0n) is 17.5. The van der Waals surface area contributed by atoms with E-state index in [-0.39, 0.29) is 29.3 Å². The van der Waals surface area contributed by atoms with Crippen molar-refractivity contribution in [3.63, 3.8) is 0 Å². The minimum absolute atomic E-state index is 0.0982. The lowest BCUT2D eigenvalue weighted by molar-refractivity contribution is -0.154. The van der Waals surface area contributed by atoms with E-state index < -0.39 is 24.9 Å². The Bertz CT molecular complexity index is 1080. The molecule has 12 heteroatoms. The summed E-state index contributed by atoms with van der Waals surface area (Å²) in [6, 6.07) is 2.48. The topological polar surface area (TPSA) is 93.7 Å². The molecule has 0 saturated carbocycles. The number of carbonyl (C=O) groups is 2. The highest BCUT2D eigenvalue weighted by Crippen LogP contribution is 2.36. The van der Waals surface area contributed by atoms with Crippen molar-refractivity contribution in [3.8, 4) is 5.88 Å². The number of nitrogens with one attached hydrogen (secondary N) is 1. The van der Waals surface area contributed by atoms with Crippen molar-refractivity contribution in [2.45, 2.75) is 44.6 Å². The van der Waals surface area contributed by atoms with E-state index in [0.717, 1.165) is 6.42 Å². The second-order valence-electron chi connectivity index (χ2n) is 7.75. The fourth-order valence-electron chi connectivity index (χ4n) is 3.76. The van der Waals surface area contributed by atoms with Crippen molar-refractivity contribution in [1.82, 2.24) is 14.9 Å². The highest BCUT2D eigenvalue weighted by atomic mass is 35.5. The summed E-state index contributed by atoms with van der Waals surface area (Å²) in [6.07, 6.45) is -0.868. The summed E-state index contributed by atoms with van der Waals surface area (Å²) in [4.78, 5) is 35.1. The average Bonchev–Trinajstić information content (AvgIpc) is 3.41. The molecule has 0 radical (unpaired) electrons. The van der Waals surface area contributed by atoms with Gasteiger partial charge in [0.15, 0.2) is 6.61 Å². The third-order valence-electron chi connectivity index (χ3n) is 5.49. The molecular weight excluding hydrogens is 465 g/mol. The summed E-state index contributed by atoms with van der Waals surface area (Å²) < 4.78 is 47.2. The molecule has 0 bridgehead atoms. The van der Waals surface area contributed by atoms with Gasteiger partial charge in [0, 0.05) is 30.1 Å². The first kappa shape index (κ1) is 23.2. The highest BCUT2D eigenvalue weighted by Gasteiger charge is 2.35. The van der Waals surface area contributed by atoms with E-state index in [1.54, 1.807) is 13.0 Å². The number of pyridine rings is 2. The van der Waals surface area contributed by atoms with Gasteiger partial charge < -0.3 is 19.7 Å². The number of hydrogen-bond acceptors (Lipinski definition) is 6. The van der Waals surface area contributed by atoms with Crippen LogP contribution in [0.4, 0.5) is 19.0 Å². The summed E-state index contributed by atoms with van der Waals surface area (Å²) >= 11 is 6.05. The van der Waals surface area contributed by atoms with E-state index in [2.05, 4.69) is 20.0 Å². The molecule has 0 aromatic carbocycles. The van der Waals surface area contributed by atoms with Crippen LogP contribution in [0.3, 0.4) is 0 Å². The molecule has 2 unspecified atom stereocenters. The minimum atomic E-state index is -4.52. The van der Waals surface area contributed by atoms with E-state index in [4.69, 9.17) is 16.3 Å². The molecule has 33 heavy (non-hydrogen) atoms. The lowest BCUT2D eigenvalue weighted by atomic mass is 10.1. The van der Waals surface area contributed by atoms with Crippen molar-refractivity contribution < 1.29 is 32.2 Å². The Balaban J connectivity index is 1.50. The Morgan fingerprint density at radius 3 is 2.88 bits per heavy atom. The molecule has 0 aliphatic carbocycles. The van der Waals surface area contributed by atoms with Crippen molar-refractivity contribution >= 4 is 29.2 Å². The van der Waals surface area contributed by atoms with Gasteiger partial charge in [-0.05, 0) is 37.5 Å². The Labute approximate surface area is 192 Å². The lowest BCUT2D eigenvalue weighted by Gasteiger charge is -2.25. The van der Waals surface area contributed by atoms with Gasteiger partial charge in [-0.3, -0.25) is 9.59 Å². The standard InChI is InChI=1S/C21H20ClF3N4O4/c1-11(12-7-15(22)19(27-8-12)33-10-21(23,24)25)29-9-14-13(20(29)31)4-5-26-17(14)28-18(30)16-3-2-6-32-16/h4-5,7-8,11,16H,2-3,6,9-10H2,1H3,(H,26,28,30). The number of anilines is 1. The number of carbonyl (C=O) groups excluding carboxylic acids is 2. The van der Waals surface area contributed by atoms with Crippen molar-refractivity contribution in [2.75, 3.05) is 18.5 Å². The quantitative estimate of drug-likeness (QED) is 0.668. The molecule has 2 aliphatic rings. The van der Waals surface area contributed by atoms with E-state index in [9.17, 15) is 22.8 Å². The summed E-state index contributed by atoms with van der Waals surface area (Å²) in [6.45, 7) is 0.931. The smallest absolute Gasteiger partial charge is 0.422 e. The van der Waals surface area contributed by atoms with Gasteiger partial charge in [0.25, 0.3) is 11.8 Å². The maximum absolute atomic E-state index is 13.0. The molecule has 1 N–H and O–H groups in total. The predicted octanol–water partition coefficient (Wildman–Crippen LogP) is 3.91. The van der Waals surface area contributed by atoms with Gasteiger partial charge in [0.1, 0.15) is 16.9 Å². The largest absolute Gasteiger partial charge is 0.467 e. The summed E-state index contributed by atoms with van der Waals surface area (Å²) in [7, 11) is 0. The van der Waals surface area contributed by atoms with Crippen LogP contribution >= 0.6 is 11.6 Å². The third-order valence-corrected chi connectivity index (χ3v) is 5.76. The number of hydrogen-bond donors (Lipinski definition) is 1. The van der Waals surface area contributed by atoms with Crippen LogP contribution in [0.1, 0.15) is 47.3 Å². The van der Waals surface area contributed by atoms with E-state index >= 15 is 0 Å². The second kappa shape index (κ2) is 9.14. The fourth-order valence-corrected chi connectivity index (χ4v) is 3.99. The first-order chi connectivity index (χ1) is 15.6. The Morgan fingerprint density at radius 1 is 1.42 bits per heavy atom. The molecule has 4 heterocycles. The summed E-state index contributed by atoms with van der Waals surface area (Å²) in [5, 5.41) is 2.65. The van der Waals surface area contributed by atoms with Gasteiger partial charge in [0.2, 0.25) is 5.88 Å². The number of amides is 2. The normalized spacial score (nSPS) is 18.9. The molecule has 1 fully saturated rings. The molecular formula is C21H20ClF3N4O4. The van der Waals surface area contributed by atoms with Gasteiger partial charge in [-0.15, -0.1) is 0 Å². The van der Waals surface area contributed by atoms with Crippen LogP contribution in [0.15, 0.2) is 24.5 Å². The first-order valence-corrected chi connectivity index (χ1v) is 10.6. The maximum Gasteiger partial charge on any atom is 0.422 e. The molecule has 2 aliphatic heterocycles. The van der Waals surface area contributed by atoms with Crippen LogP contribution < -0.4 is 10.1 Å². The molecule has 2 aromatic rings. The number of rotatable bonds is 6. The van der Waals surface area contributed by atoms with Crippen molar-refractivity contribution in [1.29, 1.82) is 0 Å². The van der Waals surface area contributed by atoms with E-state index in [1.807, 2.05) is 0 Å². The average molecular weight is 485 g/mol. The minimum Gasteiger partial charge on any atom is -0.467 e. The van der Waals surface area contributed by atoms with Gasteiger partial charge >= 0.3 is 6.18 Å². The van der Waals surface area contributed by atoms with Crippen LogP contribution in [0.2, 0.25) is 5.02 Å². The van der Waals surface area contributed by atoms with Crippen LogP contribution in [0, 0.1) is 0 Å². The SMILES string of the molecule is CC(c1cnc(OCC(F)(F)F)c(Cl)c1)N1Cc2c(ccnc2NC(=O)C2CCCO2)C1=O. The number of halogens is 4. The molecule has 1 saturated heterocycles. The van der Waals surface area contributed by atoms with Gasteiger partial charge in [-0.2, -0.15) is 13.2 Å². The molecule has 2 amide bonds. The lowest BCUT2D eigenvalue weighted by Crippen LogP contribution is -2.28.